The molecular formula is C18H39NO2. The molecule has 0 radical (unpaired) electrons. The van der Waals surface area contributed by atoms with E-state index in [1.165, 1.54) is 51.4 Å². The maximum atomic E-state index is 9.05. The summed E-state index contributed by atoms with van der Waals surface area (Å²) in [6, 6.07) is 0. The van der Waals surface area contributed by atoms with Gasteiger partial charge in [-0.15, -0.1) is 0 Å². The normalized spacial score (nSPS) is 12.3. The molecular weight excluding hydrogens is 262 g/mol. The van der Waals surface area contributed by atoms with Crippen LogP contribution in [0.15, 0.2) is 0 Å². The number of aliphatic hydroxyl groups is 2. The maximum absolute atomic E-state index is 9.05. The quantitative estimate of drug-likeness (QED) is 0.450. The topological polar surface area (TPSA) is 43.7 Å². The van der Waals surface area contributed by atoms with Crippen LogP contribution in [-0.2, 0) is 0 Å². The summed E-state index contributed by atoms with van der Waals surface area (Å²) >= 11 is 0. The molecule has 0 saturated carbocycles. The predicted molar refractivity (Wildman–Crippen MR) is 91.7 cm³/mol. The van der Waals surface area contributed by atoms with E-state index in [1.807, 2.05) is 0 Å². The van der Waals surface area contributed by atoms with Gasteiger partial charge in [-0.25, -0.2) is 0 Å². The molecule has 0 aromatic carbocycles. The van der Waals surface area contributed by atoms with Gasteiger partial charge >= 0.3 is 0 Å². The first kappa shape index (κ1) is 20.9. The average Bonchev–Trinajstić information content (AvgIpc) is 2.46. The minimum absolute atomic E-state index is 0.174. The Bertz CT molecular complexity index is 211. The Hall–Kier alpha value is -0.120. The van der Waals surface area contributed by atoms with Crippen molar-refractivity contribution >= 4 is 0 Å². The average molecular weight is 302 g/mol. The first-order valence-corrected chi connectivity index (χ1v) is 9.05. The molecule has 0 bridgehead atoms. The van der Waals surface area contributed by atoms with E-state index < -0.39 is 0 Å². The van der Waals surface area contributed by atoms with Crippen molar-refractivity contribution in [1.82, 2.24) is 4.90 Å². The third-order valence-corrected chi connectivity index (χ3v) is 4.42. The molecule has 0 atom stereocenters. The Balaban J connectivity index is 3.96. The van der Waals surface area contributed by atoms with Crippen LogP contribution in [0.1, 0.15) is 85.0 Å². The molecule has 0 aromatic rings. The second kappa shape index (κ2) is 13.5. The van der Waals surface area contributed by atoms with Gasteiger partial charge in [-0.2, -0.15) is 0 Å². The number of hydrogen-bond donors (Lipinski definition) is 2. The van der Waals surface area contributed by atoms with E-state index in [0.717, 1.165) is 25.9 Å². The second-order valence-corrected chi connectivity index (χ2v) is 6.83. The zero-order valence-electron chi connectivity index (χ0n) is 14.7. The summed E-state index contributed by atoms with van der Waals surface area (Å²) in [5.41, 5.74) is 0.174. The maximum Gasteiger partial charge on any atom is 0.0443 e. The van der Waals surface area contributed by atoms with Crippen LogP contribution < -0.4 is 0 Å². The van der Waals surface area contributed by atoms with Crippen LogP contribution in [0.3, 0.4) is 0 Å². The van der Waals surface area contributed by atoms with E-state index in [1.54, 1.807) is 0 Å². The third-order valence-electron chi connectivity index (χ3n) is 4.42. The van der Waals surface area contributed by atoms with Gasteiger partial charge in [0.1, 0.15) is 0 Å². The summed E-state index contributed by atoms with van der Waals surface area (Å²) in [6.07, 6.45) is 12.3. The fraction of sp³-hybridized carbons (Fsp3) is 1.00. The number of rotatable bonds is 15. The molecule has 0 aliphatic heterocycles. The van der Waals surface area contributed by atoms with Gasteiger partial charge in [-0.1, -0.05) is 51.9 Å². The molecule has 0 spiro atoms. The Kier molecular flexibility index (Phi) is 13.5. The second-order valence-electron chi connectivity index (χ2n) is 6.83. The molecule has 0 amide bonds. The van der Waals surface area contributed by atoms with Crippen LogP contribution in [0, 0.1) is 0 Å². The van der Waals surface area contributed by atoms with E-state index in [4.69, 9.17) is 10.2 Å². The highest BCUT2D eigenvalue weighted by Gasteiger charge is 2.25. The van der Waals surface area contributed by atoms with Crippen LogP contribution in [0.5, 0.6) is 0 Å². The molecule has 21 heavy (non-hydrogen) atoms. The molecule has 0 rings (SSSR count). The lowest BCUT2D eigenvalue weighted by molar-refractivity contribution is 0.0897. The lowest BCUT2D eigenvalue weighted by Gasteiger charge is -2.39. The molecule has 0 saturated heterocycles. The monoisotopic (exact) mass is 301 g/mol. The zero-order chi connectivity index (χ0) is 16.0. The Morgan fingerprint density at radius 2 is 1.19 bits per heavy atom. The molecule has 0 unspecified atom stereocenters. The molecule has 0 heterocycles. The molecule has 128 valence electrons. The van der Waals surface area contributed by atoms with E-state index >= 15 is 0 Å². The third kappa shape index (κ3) is 11.1. The minimum atomic E-state index is 0.174. The molecule has 3 nitrogen and oxygen atoms in total. The van der Waals surface area contributed by atoms with E-state index in [0.29, 0.717) is 0 Å². The van der Waals surface area contributed by atoms with Gasteiger partial charge in [-0.3, -0.25) is 4.90 Å². The van der Waals surface area contributed by atoms with Gasteiger partial charge in [0.15, 0.2) is 0 Å². The largest absolute Gasteiger partial charge is 0.396 e. The van der Waals surface area contributed by atoms with Crippen LogP contribution in [0.2, 0.25) is 0 Å². The lowest BCUT2D eigenvalue weighted by atomic mass is 9.93. The summed E-state index contributed by atoms with van der Waals surface area (Å²) in [6.45, 7) is 9.24. The Morgan fingerprint density at radius 3 is 1.67 bits per heavy atom. The molecule has 0 aromatic heterocycles. The molecule has 2 N–H and O–H groups in total. The lowest BCUT2D eigenvalue weighted by Crippen LogP contribution is -2.45. The van der Waals surface area contributed by atoms with Gasteiger partial charge in [0.25, 0.3) is 0 Å². The summed E-state index contributed by atoms with van der Waals surface area (Å²) in [5.74, 6) is 0. The van der Waals surface area contributed by atoms with Gasteiger partial charge in [0.05, 0.1) is 0 Å². The van der Waals surface area contributed by atoms with Crippen LogP contribution in [-0.4, -0.2) is 47.0 Å². The standard InChI is InChI=1S/C18H39NO2/c1-4-5-6-7-8-9-10-13-18(2,3)19(14-11-16-20)15-12-17-21/h20-21H,4-17H2,1-3H3. The van der Waals surface area contributed by atoms with Gasteiger partial charge in [0.2, 0.25) is 0 Å². The van der Waals surface area contributed by atoms with Crippen molar-refractivity contribution in [1.29, 1.82) is 0 Å². The van der Waals surface area contributed by atoms with Crippen molar-refractivity contribution in [2.45, 2.75) is 90.5 Å². The van der Waals surface area contributed by atoms with Gasteiger partial charge in [0, 0.05) is 31.8 Å². The molecule has 0 fully saturated rings. The first-order chi connectivity index (χ1) is 10.1. The Morgan fingerprint density at radius 1 is 0.714 bits per heavy atom. The highest BCUT2D eigenvalue weighted by atomic mass is 16.3. The Labute approximate surface area is 132 Å². The van der Waals surface area contributed by atoms with E-state index in [2.05, 4.69) is 25.7 Å². The van der Waals surface area contributed by atoms with Crippen LogP contribution in [0.25, 0.3) is 0 Å². The van der Waals surface area contributed by atoms with E-state index in [-0.39, 0.29) is 18.8 Å². The summed E-state index contributed by atoms with van der Waals surface area (Å²) in [5, 5.41) is 18.1. The van der Waals surface area contributed by atoms with Crippen molar-refractivity contribution in [2.75, 3.05) is 26.3 Å². The number of nitrogens with zero attached hydrogens (tertiary/aromatic N) is 1. The minimum Gasteiger partial charge on any atom is -0.396 e. The van der Waals surface area contributed by atoms with Crippen LogP contribution in [0.4, 0.5) is 0 Å². The van der Waals surface area contributed by atoms with E-state index in [9.17, 15) is 0 Å². The smallest absolute Gasteiger partial charge is 0.0443 e. The highest BCUT2D eigenvalue weighted by molar-refractivity contribution is 4.81. The number of unbranched alkanes of at least 4 members (excludes halogenated alkanes) is 6. The van der Waals surface area contributed by atoms with Gasteiger partial charge < -0.3 is 10.2 Å². The van der Waals surface area contributed by atoms with Crippen molar-refractivity contribution in [3.63, 3.8) is 0 Å². The molecule has 0 aliphatic carbocycles. The fourth-order valence-corrected chi connectivity index (χ4v) is 2.91. The van der Waals surface area contributed by atoms with Crippen molar-refractivity contribution < 1.29 is 10.2 Å². The zero-order valence-corrected chi connectivity index (χ0v) is 14.7. The first-order valence-electron chi connectivity index (χ1n) is 9.05. The summed E-state index contributed by atoms with van der Waals surface area (Å²) in [7, 11) is 0. The summed E-state index contributed by atoms with van der Waals surface area (Å²) < 4.78 is 0. The van der Waals surface area contributed by atoms with Crippen LogP contribution >= 0.6 is 0 Å². The number of aliphatic hydroxyl groups excluding tert-OH is 2. The van der Waals surface area contributed by atoms with Crippen molar-refractivity contribution in [3.05, 3.63) is 0 Å². The van der Waals surface area contributed by atoms with Crippen molar-refractivity contribution in [3.8, 4) is 0 Å². The highest BCUT2D eigenvalue weighted by Crippen LogP contribution is 2.23. The van der Waals surface area contributed by atoms with Gasteiger partial charge in [-0.05, 0) is 33.1 Å². The predicted octanol–water partition coefficient (Wildman–Crippen LogP) is 3.97. The summed E-state index contributed by atoms with van der Waals surface area (Å²) in [4.78, 5) is 2.44. The molecule has 0 aliphatic rings. The SMILES string of the molecule is CCCCCCCCCC(C)(C)N(CCCO)CCCO. The fourth-order valence-electron chi connectivity index (χ4n) is 2.91. The van der Waals surface area contributed by atoms with Crippen molar-refractivity contribution in [2.24, 2.45) is 0 Å². The molecule has 3 heteroatoms. The number of hydrogen-bond acceptors (Lipinski definition) is 3.